The van der Waals surface area contributed by atoms with Crippen molar-refractivity contribution < 1.29 is 23.8 Å². The van der Waals surface area contributed by atoms with E-state index in [0.29, 0.717) is 21.0 Å². The molecule has 0 aliphatic heterocycles. The fraction of sp³-hybridized carbons (Fsp3) is 0.118. The van der Waals surface area contributed by atoms with E-state index in [0.717, 1.165) is 0 Å². The smallest absolute Gasteiger partial charge is 0.351 e. The summed E-state index contributed by atoms with van der Waals surface area (Å²) in [5.41, 5.74) is -0.512. The van der Waals surface area contributed by atoms with Crippen LogP contribution in [-0.2, 0) is 0 Å². The van der Waals surface area contributed by atoms with E-state index in [4.69, 9.17) is 14.3 Å². The lowest BCUT2D eigenvalue weighted by Gasteiger charge is -2.04. The van der Waals surface area contributed by atoms with Crippen LogP contribution in [0.1, 0.15) is 20.7 Å². The summed E-state index contributed by atoms with van der Waals surface area (Å²) in [4.78, 5) is 34.7. The van der Waals surface area contributed by atoms with Crippen LogP contribution in [-0.4, -0.2) is 30.5 Å². The summed E-state index contributed by atoms with van der Waals surface area (Å²) in [6, 6.07) is 9.58. The highest BCUT2D eigenvalue weighted by atomic mass is 32.1. The van der Waals surface area contributed by atoms with Crippen LogP contribution in [0.15, 0.2) is 45.6 Å². The van der Waals surface area contributed by atoms with Gasteiger partial charge in [0.25, 0.3) is 0 Å². The van der Waals surface area contributed by atoms with Gasteiger partial charge in [-0.2, -0.15) is 0 Å². The van der Waals surface area contributed by atoms with E-state index in [1.807, 2.05) is 0 Å². The third kappa shape index (κ3) is 3.53. The number of hydrogen-bond acceptors (Lipinski definition) is 7. The van der Waals surface area contributed by atoms with Crippen LogP contribution in [0.25, 0.3) is 10.3 Å². The molecule has 0 fully saturated rings. The molecule has 0 unspecified atom stereocenters. The third-order valence-corrected chi connectivity index (χ3v) is 4.51. The van der Waals surface area contributed by atoms with Crippen molar-refractivity contribution in [2.75, 3.05) is 19.0 Å². The summed E-state index contributed by atoms with van der Waals surface area (Å²) in [5, 5.41) is 12.5. The van der Waals surface area contributed by atoms with Gasteiger partial charge in [0, 0.05) is 11.6 Å². The Morgan fingerprint density at radius 2 is 1.96 bits per heavy atom. The molecule has 0 spiro atoms. The predicted molar refractivity (Wildman–Crippen MR) is 93.1 cm³/mol. The SMILES string of the molecule is COc1ccc(C(=O)CNc2cc3oc(=O)c(C(=O)O)cc3s2)cc1. The zero-order valence-electron chi connectivity index (χ0n) is 13.1. The Morgan fingerprint density at radius 1 is 1.24 bits per heavy atom. The maximum absolute atomic E-state index is 12.2. The summed E-state index contributed by atoms with van der Waals surface area (Å²) in [6.07, 6.45) is 0. The van der Waals surface area contributed by atoms with Crippen LogP contribution in [0.3, 0.4) is 0 Å². The molecular formula is C17H13NO6S. The van der Waals surface area contributed by atoms with E-state index in [1.165, 1.54) is 17.4 Å². The molecule has 2 N–H and O–H groups in total. The molecule has 3 aromatic rings. The fourth-order valence-corrected chi connectivity index (χ4v) is 3.12. The van der Waals surface area contributed by atoms with Crippen molar-refractivity contribution in [1.82, 2.24) is 0 Å². The van der Waals surface area contributed by atoms with Crippen LogP contribution in [0.2, 0.25) is 0 Å². The lowest BCUT2D eigenvalue weighted by Crippen LogP contribution is -2.13. The number of fused-ring (bicyclic) bond motifs is 1. The number of rotatable bonds is 6. The Kier molecular flexibility index (Phi) is 4.53. The van der Waals surface area contributed by atoms with Crippen LogP contribution >= 0.6 is 11.3 Å². The summed E-state index contributed by atoms with van der Waals surface area (Å²) in [5.74, 6) is -0.792. The fourth-order valence-electron chi connectivity index (χ4n) is 2.20. The van der Waals surface area contributed by atoms with Gasteiger partial charge in [-0.1, -0.05) is 0 Å². The number of hydrogen-bond donors (Lipinski definition) is 2. The molecule has 128 valence electrons. The molecule has 25 heavy (non-hydrogen) atoms. The van der Waals surface area contributed by atoms with Gasteiger partial charge in [0.15, 0.2) is 11.4 Å². The molecule has 0 saturated heterocycles. The van der Waals surface area contributed by atoms with Gasteiger partial charge in [-0.25, -0.2) is 9.59 Å². The zero-order chi connectivity index (χ0) is 18.0. The molecular weight excluding hydrogens is 346 g/mol. The number of carbonyl (C=O) groups excluding carboxylic acids is 1. The van der Waals surface area contributed by atoms with E-state index < -0.39 is 17.2 Å². The number of methoxy groups -OCH3 is 1. The monoisotopic (exact) mass is 359 g/mol. The second kappa shape index (κ2) is 6.78. The van der Waals surface area contributed by atoms with E-state index in [9.17, 15) is 14.4 Å². The van der Waals surface area contributed by atoms with E-state index in [1.54, 1.807) is 37.4 Å². The molecule has 0 bridgehead atoms. The maximum atomic E-state index is 12.2. The summed E-state index contributed by atoms with van der Waals surface area (Å²) >= 11 is 1.20. The second-order valence-electron chi connectivity index (χ2n) is 5.10. The van der Waals surface area contributed by atoms with Gasteiger partial charge in [-0.15, -0.1) is 11.3 Å². The highest BCUT2D eigenvalue weighted by Gasteiger charge is 2.14. The van der Waals surface area contributed by atoms with Crippen molar-refractivity contribution in [2.24, 2.45) is 0 Å². The number of anilines is 1. The first-order valence-corrected chi connectivity index (χ1v) is 8.01. The highest BCUT2D eigenvalue weighted by Crippen LogP contribution is 2.29. The van der Waals surface area contributed by atoms with Gasteiger partial charge in [0.05, 0.1) is 23.4 Å². The number of carboxylic acid groups (broad SMARTS) is 1. The second-order valence-corrected chi connectivity index (χ2v) is 6.18. The topological polar surface area (TPSA) is 106 Å². The Hall–Kier alpha value is -3.13. The number of ether oxygens (including phenoxy) is 1. The van der Waals surface area contributed by atoms with Crippen molar-refractivity contribution in [3.8, 4) is 5.75 Å². The summed E-state index contributed by atoms with van der Waals surface area (Å²) in [6.45, 7) is 0.0508. The minimum atomic E-state index is -1.34. The predicted octanol–water partition coefficient (Wildman–Crippen LogP) is 2.86. The van der Waals surface area contributed by atoms with E-state index >= 15 is 0 Å². The molecule has 1 aromatic carbocycles. The lowest BCUT2D eigenvalue weighted by atomic mass is 10.1. The first kappa shape index (κ1) is 16.7. The highest BCUT2D eigenvalue weighted by molar-refractivity contribution is 7.22. The first-order chi connectivity index (χ1) is 12.0. The van der Waals surface area contributed by atoms with Crippen molar-refractivity contribution in [3.63, 3.8) is 0 Å². The molecule has 0 aliphatic carbocycles. The molecule has 0 radical (unpaired) electrons. The van der Waals surface area contributed by atoms with E-state index in [-0.39, 0.29) is 17.9 Å². The van der Waals surface area contributed by atoms with Gasteiger partial charge in [-0.05, 0) is 30.3 Å². The minimum absolute atomic E-state index is 0.0508. The molecule has 0 atom stereocenters. The Bertz CT molecular complexity index is 1000. The average Bonchev–Trinajstić information content (AvgIpc) is 3.00. The van der Waals surface area contributed by atoms with Crippen LogP contribution in [0.5, 0.6) is 5.75 Å². The van der Waals surface area contributed by atoms with Gasteiger partial charge >= 0.3 is 11.6 Å². The largest absolute Gasteiger partial charge is 0.497 e. The van der Waals surface area contributed by atoms with Gasteiger partial charge in [0.2, 0.25) is 0 Å². The number of benzene rings is 1. The number of thiophene rings is 1. The number of Topliss-reactive ketones (excluding diaryl/α,β-unsaturated/α-hetero) is 1. The van der Waals surface area contributed by atoms with Crippen molar-refractivity contribution in [3.05, 3.63) is 57.9 Å². The van der Waals surface area contributed by atoms with E-state index in [2.05, 4.69) is 5.32 Å². The van der Waals surface area contributed by atoms with Gasteiger partial charge in [0.1, 0.15) is 11.3 Å². The van der Waals surface area contributed by atoms with Crippen molar-refractivity contribution in [1.29, 1.82) is 0 Å². The van der Waals surface area contributed by atoms with Gasteiger partial charge < -0.3 is 19.6 Å². The van der Waals surface area contributed by atoms with Gasteiger partial charge in [-0.3, -0.25) is 4.79 Å². The molecule has 2 heterocycles. The number of carbonyl (C=O) groups is 2. The average molecular weight is 359 g/mol. The number of ketones is 1. The molecule has 0 amide bonds. The molecule has 0 saturated carbocycles. The maximum Gasteiger partial charge on any atom is 0.351 e. The Labute approximate surface area is 145 Å². The normalized spacial score (nSPS) is 10.6. The molecule has 0 aliphatic rings. The number of nitrogens with one attached hydrogen (secondary N) is 1. The van der Waals surface area contributed by atoms with Crippen molar-refractivity contribution in [2.45, 2.75) is 0 Å². The molecule has 7 nitrogen and oxygen atoms in total. The number of carboxylic acids is 1. The number of aromatic carboxylic acids is 1. The Morgan fingerprint density at radius 3 is 2.60 bits per heavy atom. The minimum Gasteiger partial charge on any atom is -0.497 e. The lowest BCUT2D eigenvalue weighted by molar-refractivity contribution is 0.0692. The van der Waals surface area contributed by atoms with Crippen LogP contribution < -0.4 is 15.7 Å². The molecule has 8 heteroatoms. The summed E-state index contributed by atoms with van der Waals surface area (Å²) < 4.78 is 10.5. The van der Waals surface area contributed by atoms with Crippen molar-refractivity contribution >= 4 is 38.4 Å². The molecule has 2 aromatic heterocycles. The van der Waals surface area contributed by atoms with Crippen LogP contribution in [0, 0.1) is 0 Å². The quantitative estimate of drug-likeness (QED) is 0.652. The zero-order valence-corrected chi connectivity index (χ0v) is 13.9. The standard InChI is InChI=1S/C17H13NO6S/c1-23-10-4-2-9(3-5-10)12(19)8-18-15-7-13-14(25-15)6-11(16(20)21)17(22)24-13/h2-7,18H,8H2,1H3,(H,20,21). The van der Waals surface area contributed by atoms with Crippen LogP contribution in [0.4, 0.5) is 5.00 Å². The molecule has 3 rings (SSSR count). The summed E-state index contributed by atoms with van der Waals surface area (Å²) in [7, 11) is 1.55. The third-order valence-electron chi connectivity index (χ3n) is 3.49. The first-order valence-electron chi connectivity index (χ1n) is 7.20. The Balaban J connectivity index is 1.75.